The van der Waals surface area contributed by atoms with Crippen LogP contribution in [0.5, 0.6) is 0 Å². The van der Waals surface area contributed by atoms with E-state index >= 15 is 0 Å². The number of nitrogens with one attached hydrogen (secondary N) is 1. The normalized spacial score (nSPS) is 14.4. The second-order valence-corrected chi connectivity index (χ2v) is 6.15. The summed E-state index contributed by atoms with van der Waals surface area (Å²) in [5.41, 5.74) is 3.74. The van der Waals surface area contributed by atoms with Crippen molar-refractivity contribution in [3.63, 3.8) is 0 Å². The maximum Gasteiger partial charge on any atom is 0.0994 e. The van der Waals surface area contributed by atoms with Gasteiger partial charge in [-0.25, -0.2) is 4.98 Å². The summed E-state index contributed by atoms with van der Waals surface area (Å²) in [5, 5.41) is 3.63. The fourth-order valence-electron chi connectivity index (χ4n) is 2.96. The molecule has 1 heterocycles. The largest absolute Gasteiger partial charge is 0.311 e. The standard InChI is InChI=1S/C18H27N3/c1-6-17(15(5)20-13(2)3)18-11-19-12-21(18)16-9-7-14(4)8-10-16/h7-13,15,17,20H,6H2,1-5H3. The van der Waals surface area contributed by atoms with Crippen molar-refractivity contribution < 1.29 is 0 Å². The van der Waals surface area contributed by atoms with Gasteiger partial charge >= 0.3 is 0 Å². The van der Waals surface area contributed by atoms with Crippen molar-refractivity contribution in [3.8, 4) is 5.69 Å². The molecule has 21 heavy (non-hydrogen) atoms. The summed E-state index contributed by atoms with van der Waals surface area (Å²) >= 11 is 0. The van der Waals surface area contributed by atoms with Gasteiger partial charge in [-0.05, 0) is 32.4 Å². The van der Waals surface area contributed by atoms with Crippen LogP contribution in [0.3, 0.4) is 0 Å². The Bertz CT molecular complexity index is 554. The summed E-state index contributed by atoms with van der Waals surface area (Å²) < 4.78 is 2.21. The fraction of sp³-hybridized carbons (Fsp3) is 0.500. The molecule has 2 rings (SSSR count). The van der Waals surface area contributed by atoms with Crippen molar-refractivity contribution in [1.29, 1.82) is 0 Å². The number of aromatic nitrogens is 2. The van der Waals surface area contributed by atoms with Crippen LogP contribution in [-0.4, -0.2) is 21.6 Å². The molecule has 0 saturated heterocycles. The molecular weight excluding hydrogens is 258 g/mol. The van der Waals surface area contributed by atoms with Crippen LogP contribution in [0.25, 0.3) is 5.69 Å². The summed E-state index contributed by atoms with van der Waals surface area (Å²) in [6, 6.07) is 9.54. The Hall–Kier alpha value is -1.61. The van der Waals surface area contributed by atoms with Crippen LogP contribution in [0.2, 0.25) is 0 Å². The van der Waals surface area contributed by atoms with Gasteiger partial charge in [0.05, 0.1) is 6.33 Å². The summed E-state index contributed by atoms with van der Waals surface area (Å²) in [5.74, 6) is 0.455. The zero-order valence-electron chi connectivity index (χ0n) is 13.8. The molecule has 2 unspecified atom stereocenters. The molecular formula is C18H27N3. The van der Waals surface area contributed by atoms with E-state index in [1.165, 1.54) is 16.9 Å². The van der Waals surface area contributed by atoms with Gasteiger partial charge in [-0.2, -0.15) is 0 Å². The maximum absolute atomic E-state index is 4.39. The molecule has 3 heteroatoms. The maximum atomic E-state index is 4.39. The number of rotatable bonds is 6. The number of benzene rings is 1. The lowest BCUT2D eigenvalue weighted by Crippen LogP contribution is -2.37. The van der Waals surface area contributed by atoms with Gasteiger partial charge in [0.25, 0.3) is 0 Å². The third-order valence-corrected chi connectivity index (χ3v) is 4.00. The Labute approximate surface area is 128 Å². The number of hydrogen-bond acceptors (Lipinski definition) is 2. The minimum absolute atomic E-state index is 0.427. The summed E-state index contributed by atoms with van der Waals surface area (Å²) in [6.07, 6.45) is 5.02. The molecule has 0 fully saturated rings. The SMILES string of the molecule is CCC(c1cncn1-c1ccc(C)cc1)C(C)NC(C)C. The average Bonchev–Trinajstić information content (AvgIpc) is 2.89. The first kappa shape index (κ1) is 15.8. The predicted molar refractivity (Wildman–Crippen MR) is 89.1 cm³/mol. The van der Waals surface area contributed by atoms with Crippen LogP contribution < -0.4 is 5.32 Å². The fourth-order valence-corrected chi connectivity index (χ4v) is 2.96. The molecule has 0 saturated carbocycles. The Morgan fingerprint density at radius 1 is 1.14 bits per heavy atom. The first-order valence-corrected chi connectivity index (χ1v) is 7.88. The third-order valence-electron chi connectivity index (χ3n) is 4.00. The molecule has 2 atom stereocenters. The molecule has 0 aliphatic heterocycles. The van der Waals surface area contributed by atoms with Crippen molar-refractivity contribution in [2.45, 2.75) is 59.0 Å². The topological polar surface area (TPSA) is 29.9 Å². The molecule has 114 valence electrons. The van der Waals surface area contributed by atoms with E-state index in [2.05, 4.69) is 73.8 Å². The van der Waals surface area contributed by atoms with E-state index in [9.17, 15) is 0 Å². The minimum atomic E-state index is 0.427. The smallest absolute Gasteiger partial charge is 0.0994 e. The minimum Gasteiger partial charge on any atom is -0.311 e. The van der Waals surface area contributed by atoms with Crippen LogP contribution in [0, 0.1) is 6.92 Å². The Balaban J connectivity index is 2.31. The van der Waals surface area contributed by atoms with Gasteiger partial charge in [0.1, 0.15) is 0 Å². The monoisotopic (exact) mass is 285 g/mol. The van der Waals surface area contributed by atoms with Crippen molar-refractivity contribution in [1.82, 2.24) is 14.9 Å². The van der Waals surface area contributed by atoms with Gasteiger partial charge in [0, 0.05) is 35.6 Å². The molecule has 1 aromatic heterocycles. The van der Waals surface area contributed by atoms with Gasteiger partial charge < -0.3 is 9.88 Å². The Morgan fingerprint density at radius 2 is 1.81 bits per heavy atom. The zero-order valence-corrected chi connectivity index (χ0v) is 13.8. The predicted octanol–water partition coefficient (Wildman–Crippen LogP) is 4.06. The molecule has 2 aromatic rings. The van der Waals surface area contributed by atoms with E-state index in [4.69, 9.17) is 0 Å². The van der Waals surface area contributed by atoms with Crippen LogP contribution in [0.15, 0.2) is 36.8 Å². The van der Waals surface area contributed by atoms with Crippen molar-refractivity contribution in [3.05, 3.63) is 48.0 Å². The third kappa shape index (κ3) is 3.73. The molecule has 1 aromatic carbocycles. The van der Waals surface area contributed by atoms with Crippen molar-refractivity contribution >= 4 is 0 Å². The van der Waals surface area contributed by atoms with Gasteiger partial charge in [0.15, 0.2) is 0 Å². The van der Waals surface area contributed by atoms with Gasteiger partial charge in [0.2, 0.25) is 0 Å². The second kappa shape index (κ2) is 6.90. The highest BCUT2D eigenvalue weighted by atomic mass is 15.1. The summed E-state index contributed by atoms with van der Waals surface area (Å²) in [7, 11) is 0. The van der Waals surface area contributed by atoms with Crippen LogP contribution in [0.1, 0.15) is 51.3 Å². The van der Waals surface area contributed by atoms with Gasteiger partial charge in [-0.15, -0.1) is 0 Å². The van der Waals surface area contributed by atoms with E-state index in [-0.39, 0.29) is 0 Å². The van der Waals surface area contributed by atoms with Crippen LogP contribution in [0.4, 0.5) is 0 Å². The first-order chi connectivity index (χ1) is 10.0. The summed E-state index contributed by atoms with van der Waals surface area (Å²) in [6.45, 7) is 11.0. The lowest BCUT2D eigenvalue weighted by molar-refractivity contribution is 0.407. The highest BCUT2D eigenvalue weighted by Gasteiger charge is 2.22. The molecule has 0 aliphatic rings. The lowest BCUT2D eigenvalue weighted by atomic mass is 9.94. The molecule has 0 aliphatic carbocycles. The molecule has 3 nitrogen and oxygen atoms in total. The summed E-state index contributed by atoms with van der Waals surface area (Å²) in [4.78, 5) is 4.39. The highest BCUT2D eigenvalue weighted by Crippen LogP contribution is 2.26. The lowest BCUT2D eigenvalue weighted by Gasteiger charge is -2.26. The van der Waals surface area contributed by atoms with Crippen LogP contribution >= 0.6 is 0 Å². The van der Waals surface area contributed by atoms with E-state index in [0.717, 1.165) is 6.42 Å². The van der Waals surface area contributed by atoms with Crippen LogP contribution in [-0.2, 0) is 0 Å². The molecule has 1 N–H and O–H groups in total. The number of imidazole rings is 1. The number of hydrogen-bond donors (Lipinski definition) is 1. The van der Waals surface area contributed by atoms with E-state index in [1.807, 2.05) is 12.5 Å². The second-order valence-electron chi connectivity index (χ2n) is 6.15. The molecule has 0 spiro atoms. The average molecular weight is 285 g/mol. The number of aryl methyl sites for hydroxylation is 1. The Kier molecular flexibility index (Phi) is 5.18. The highest BCUT2D eigenvalue weighted by molar-refractivity contribution is 5.36. The molecule has 0 radical (unpaired) electrons. The van der Waals surface area contributed by atoms with Gasteiger partial charge in [-0.1, -0.05) is 38.5 Å². The first-order valence-electron chi connectivity index (χ1n) is 7.88. The van der Waals surface area contributed by atoms with Crippen molar-refractivity contribution in [2.75, 3.05) is 0 Å². The molecule has 0 amide bonds. The van der Waals surface area contributed by atoms with Crippen molar-refractivity contribution in [2.24, 2.45) is 0 Å². The van der Waals surface area contributed by atoms with E-state index < -0.39 is 0 Å². The zero-order chi connectivity index (χ0) is 15.4. The number of nitrogens with zero attached hydrogens (tertiary/aromatic N) is 2. The van der Waals surface area contributed by atoms with E-state index in [0.29, 0.717) is 18.0 Å². The quantitative estimate of drug-likeness (QED) is 0.867. The van der Waals surface area contributed by atoms with Gasteiger partial charge in [-0.3, -0.25) is 0 Å². The molecule has 0 bridgehead atoms. The van der Waals surface area contributed by atoms with E-state index in [1.54, 1.807) is 0 Å². The Morgan fingerprint density at radius 3 is 2.38 bits per heavy atom.